The summed E-state index contributed by atoms with van der Waals surface area (Å²) < 4.78 is 0. The van der Waals surface area contributed by atoms with Crippen LogP contribution in [0.4, 0.5) is 0 Å². The normalized spacial score (nSPS) is 24.7. The molecule has 0 bridgehead atoms. The molecule has 122 valence electrons. The molecule has 2 rings (SSSR count). The number of likely N-dealkylation sites (tertiary alicyclic amines) is 1. The van der Waals surface area contributed by atoms with Crippen molar-refractivity contribution in [2.24, 2.45) is 23.2 Å². The highest BCUT2D eigenvalue weighted by Crippen LogP contribution is 2.31. The van der Waals surface area contributed by atoms with E-state index >= 15 is 0 Å². The van der Waals surface area contributed by atoms with Gasteiger partial charge in [0.2, 0.25) is 5.91 Å². The molecule has 1 saturated carbocycles. The molecule has 1 saturated heterocycles. The Balaban J connectivity index is 1.72. The Kier molecular flexibility index (Phi) is 5.34. The summed E-state index contributed by atoms with van der Waals surface area (Å²) in [5.74, 6) is 2.45. The van der Waals surface area contributed by atoms with Crippen LogP contribution in [0.2, 0.25) is 0 Å². The highest BCUT2D eigenvalue weighted by Gasteiger charge is 2.31. The zero-order valence-corrected chi connectivity index (χ0v) is 14.7. The largest absolute Gasteiger partial charge is 0.342 e. The van der Waals surface area contributed by atoms with Crippen molar-refractivity contribution < 1.29 is 4.79 Å². The van der Waals surface area contributed by atoms with Crippen molar-refractivity contribution in [1.29, 1.82) is 0 Å². The Morgan fingerprint density at radius 1 is 1.19 bits per heavy atom. The first kappa shape index (κ1) is 16.8. The van der Waals surface area contributed by atoms with E-state index in [0.29, 0.717) is 24.2 Å². The Bertz CT molecular complexity index is 357. The zero-order valence-electron chi connectivity index (χ0n) is 14.7. The molecule has 0 N–H and O–H groups in total. The average molecular weight is 294 g/mol. The molecule has 1 aliphatic heterocycles. The van der Waals surface area contributed by atoms with Crippen LogP contribution in [0.15, 0.2) is 0 Å². The zero-order chi connectivity index (χ0) is 15.6. The van der Waals surface area contributed by atoms with Gasteiger partial charge in [-0.05, 0) is 49.5 Å². The molecular weight excluding hydrogens is 260 g/mol. The van der Waals surface area contributed by atoms with Gasteiger partial charge in [0.05, 0.1) is 0 Å². The van der Waals surface area contributed by atoms with Crippen LogP contribution in [0, 0.1) is 23.2 Å². The van der Waals surface area contributed by atoms with E-state index < -0.39 is 0 Å². The van der Waals surface area contributed by atoms with Crippen LogP contribution in [-0.2, 0) is 4.79 Å². The smallest absolute Gasteiger partial charge is 0.222 e. The lowest BCUT2D eigenvalue weighted by molar-refractivity contribution is -0.132. The summed E-state index contributed by atoms with van der Waals surface area (Å²) in [6.07, 6.45) is 4.73. The molecule has 0 radical (unpaired) electrons. The van der Waals surface area contributed by atoms with Crippen molar-refractivity contribution in [2.45, 2.75) is 53.4 Å². The molecule has 0 aromatic carbocycles. The van der Waals surface area contributed by atoms with Gasteiger partial charge in [-0.25, -0.2) is 0 Å². The molecule has 0 spiro atoms. The van der Waals surface area contributed by atoms with E-state index in [4.69, 9.17) is 0 Å². The Morgan fingerprint density at radius 2 is 1.81 bits per heavy atom. The molecule has 1 heterocycles. The van der Waals surface area contributed by atoms with E-state index in [1.165, 1.54) is 25.8 Å². The number of carbonyl (C=O) groups is 1. The van der Waals surface area contributed by atoms with Crippen molar-refractivity contribution in [1.82, 2.24) is 9.80 Å². The van der Waals surface area contributed by atoms with Crippen LogP contribution >= 0.6 is 0 Å². The van der Waals surface area contributed by atoms with Crippen LogP contribution < -0.4 is 0 Å². The van der Waals surface area contributed by atoms with Crippen LogP contribution in [0.5, 0.6) is 0 Å². The van der Waals surface area contributed by atoms with Gasteiger partial charge in [0.25, 0.3) is 0 Å². The molecule has 0 aromatic heterocycles. The van der Waals surface area contributed by atoms with Crippen LogP contribution in [0.1, 0.15) is 53.4 Å². The fourth-order valence-corrected chi connectivity index (χ4v) is 3.16. The van der Waals surface area contributed by atoms with Crippen LogP contribution in [0.25, 0.3) is 0 Å². The lowest BCUT2D eigenvalue weighted by Gasteiger charge is -2.28. The van der Waals surface area contributed by atoms with Gasteiger partial charge >= 0.3 is 0 Å². The van der Waals surface area contributed by atoms with Gasteiger partial charge in [0, 0.05) is 32.6 Å². The minimum atomic E-state index is 0.221. The van der Waals surface area contributed by atoms with E-state index in [9.17, 15) is 4.79 Å². The van der Waals surface area contributed by atoms with Gasteiger partial charge in [-0.15, -0.1) is 0 Å². The summed E-state index contributed by atoms with van der Waals surface area (Å²) in [4.78, 5) is 17.0. The van der Waals surface area contributed by atoms with Crippen molar-refractivity contribution in [3.8, 4) is 0 Å². The van der Waals surface area contributed by atoms with Gasteiger partial charge in [-0.3, -0.25) is 4.79 Å². The van der Waals surface area contributed by atoms with Crippen molar-refractivity contribution >= 4 is 5.91 Å². The van der Waals surface area contributed by atoms with Gasteiger partial charge in [0.1, 0.15) is 0 Å². The third-order valence-corrected chi connectivity index (χ3v) is 5.43. The fraction of sp³-hybridized carbons (Fsp3) is 0.944. The summed E-state index contributed by atoms with van der Waals surface area (Å²) in [6.45, 7) is 13.2. The van der Waals surface area contributed by atoms with E-state index in [0.717, 1.165) is 25.6 Å². The van der Waals surface area contributed by atoms with Gasteiger partial charge in [0.15, 0.2) is 0 Å². The molecule has 0 unspecified atom stereocenters. The highest BCUT2D eigenvalue weighted by molar-refractivity contribution is 5.76. The second-order valence-electron chi connectivity index (χ2n) is 8.63. The summed E-state index contributed by atoms with van der Waals surface area (Å²) in [5.41, 5.74) is 0.221. The standard InChI is InChI=1S/C18H34N2O/c1-14(18(2,3)4)10-17(21)20-9-8-16(13-20)12-19(5)11-15-6-7-15/h14-16H,6-13H2,1-5H3/t14-,16-/m1/s1. The van der Waals surface area contributed by atoms with E-state index in [2.05, 4.69) is 44.5 Å². The lowest BCUT2D eigenvalue weighted by Crippen LogP contribution is -2.34. The molecule has 2 fully saturated rings. The maximum atomic E-state index is 12.4. The third-order valence-electron chi connectivity index (χ3n) is 5.43. The summed E-state index contributed by atoms with van der Waals surface area (Å²) in [7, 11) is 2.24. The first-order valence-corrected chi connectivity index (χ1v) is 8.72. The fourth-order valence-electron chi connectivity index (χ4n) is 3.16. The number of nitrogens with zero attached hydrogens (tertiary/aromatic N) is 2. The molecule has 2 atom stereocenters. The first-order valence-electron chi connectivity index (χ1n) is 8.72. The molecule has 0 aromatic rings. The predicted molar refractivity (Wildman–Crippen MR) is 88.1 cm³/mol. The van der Waals surface area contributed by atoms with Gasteiger partial charge < -0.3 is 9.80 Å². The second-order valence-corrected chi connectivity index (χ2v) is 8.63. The minimum Gasteiger partial charge on any atom is -0.342 e. The van der Waals surface area contributed by atoms with Crippen molar-refractivity contribution in [2.75, 3.05) is 33.2 Å². The second kappa shape index (κ2) is 6.68. The maximum Gasteiger partial charge on any atom is 0.222 e. The number of carbonyl (C=O) groups excluding carboxylic acids is 1. The molecule has 2 aliphatic rings. The number of hydrogen-bond donors (Lipinski definition) is 0. The number of rotatable bonds is 6. The molecule has 3 nitrogen and oxygen atoms in total. The summed E-state index contributed by atoms with van der Waals surface area (Å²) >= 11 is 0. The first-order chi connectivity index (χ1) is 9.75. The van der Waals surface area contributed by atoms with Crippen LogP contribution in [-0.4, -0.2) is 48.9 Å². The number of hydrogen-bond acceptors (Lipinski definition) is 2. The monoisotopic (exact) mass is 294 g/mol. The highest BCUT2D eigenvalue weighted by atomic mass is 16.2. The summed E-state index contributed by atoms with van der Waals surface area (Å²) in [6, 6.07) is 0. The minimum absolute atomic E-state index is 0.221. The Morgan fingerprint density at radius 3 is 2.38 bits per heavy atom. The van der Waals surface area contributed by atoms with Crippen molar-refractivity contribution in [3.05, 3.63) is 0 Å². The maximum absolute atomic E-state index is 12.4. The topological polar surface area (TPSA) is 23.6 Å². The Hall–Kier alpha value is -0.570. The average Bonchev–Trinajstić information content (AvgIpc) is 3.03. The molecule has 21 heavy (non-hydrogen) atoms. The Labute approximate surface area is 131 Å². The van der Waals surface area contributed by atoms with Crippen LogP contribution in [0.3, 0.4) is 0 Å². The summed E-state index contributed by atoms with van der Waals surface area (Å²) in [5, 5.41) is 0. The molecule has 1 amide bonds. The molecular formula is C18H34N2O. The molecule has 3 heteroatoms. The SMILES string of the molecule is C[C@H](CC(=O)N1CC[C@H](CN(C)CC2CC2)C1)C(C)(C)C. The van der Waals surface area contributed by atoms with Crippen molar-refractivity contribution in [3.63, 3.8) is 0 Å². The quantitative estimate of drug-likeness (QED) is 0.751. The number of amides is 1. The van der Waals surface area contributed by atoms with E-state index in [-0.39, 0.29) is 5.41 Å². The lowest BCUT2D eigenvalue weighted by atomic mass is 9.80. The van der Waals surface area contributed by atoms with Gasteiger partial charge in [-0.2, -0.15) is 0 Å². The molecule has 1 aliphatic carbocycles. The van der Waals surface area contributed by atoms with E-state index in [1.54, 1.807) is 0 Å². The predicted octanol–water partition coefficient (Wildman–Crippen LogP) is 3.25. The third kappa shape index (κ3) is 5.28. The van der Waals surface area contributed by atoms with Gasteiger partial charge in [-0.1, -0.05) is 27.7 Å². The van der Waals surface area contributed by atoms with E-state index in [1.807, 2.05) is 0 Å².